The molecule has 0 aromatic heterocycles. The van der Waals surface area contributed by atoms with Crippen molar-refractivity contribution in [3.8, 4) is 0 Å². The summed E-state index contributed by atoms with van der Waals surface area (Å²) >= 11 is 0. The van der Waals surface area contributed by atoms with E-state index >= 15 is 0 Å². The lowest BCUT2D eigenvalue weighted by molar-refractivity contribution is 0.665. The van der Waals surface area contributed by atoms with E-state index in [1.807, 2.05) is 18.2 Å². The summed E-state index contributed by atoms with van der Waals surface area (Å²) in [7, 11) is 1.62. The van der Waals surface area contributed by atoms with Crippen LogP contribution < -0.4 is 16.8 Å². The number of rotatable bonds is 3. The summed E-state index contributed by atoms with van der Waals surface area (Å²) in [6.45, 7) is 3.66. The van der Waals surface area contributed by atoms with Crippen LogP contribution in [0.25, 0.3) is 0 Å². The summed E-state index contributed by atoms with van der Waals surface area (Å²) < 4.78 is 12.2. The van der Waals surface area contributed by atoms with Gasteiger partial charge in [-0.3, -0.25) is 9.20 Å². The molecule has 4 atom stereocenters. The Hall–Kier alpha value is -1.19. The highest BCUT2D eigenvalue weighted by Crippen LogP contribution is 2.26. The van der Waals surface area contributed by atoms with Crippen LogP contribution in [0.5, 0.6) is 0 Å². The Bertz CT molecular complexity index is 559. The molecule has 0 radical (unpaired) electrons. The maximum absolute atomic E-state index is 12.2. The summed E-state index contributed by atoms with van der Waals surface area (Å²) in [5, 5.41) is 0.803. The van der Waals surface area contributed by atoms with Crippen molar-refractivity contribution in [2.45, 2.75) is 17.7 Å². The van der Waals surface area contributed by atoms with E-state index in [-0.39, 0.29) is 11.3 Å². The number of anilines is 1. The molecule has 4 nitrogen and oxygen atoms in total. The van der Waals surface area contributed by atoms with Crippen molar-refractivity contribution in [3.05, 3.63) is 36.4 Å². The number of allylic oxidation sites excluding steroid dienone is 1. The van der Waals surface area contributed by atoms with E-state index in [0.717, 1.165) is 10.9 Å². The first kappa shape index (κ1) is 14.2. The number of nitrogens with two attached hydrogens (primary N) is 2. The fraction of sp³-hybridized carbons (Fsp3) is 0.308. The van der Waals surface area contributed by atoms with Crippen molar-refractivity contribution in [2.24, 2.45) is 10.7 Å². The molecule has 0 spiro atoms. The van der Waals surface area contributed by atoms with Gasteiger partial charge >= 0.3 is 0 Å². The summed E-state index contributed by atoms with van der Waals surface area (Å²) in [5.41, 5.74) is 13.4. The first-order valence-corrected chi connectivity index (χ1v) is 7.95. The Morgan fingerprint density at radius 1 is 1.53 bits per heavy atom. The molecule has 6 heteroatoms. The van der Waals surface area contributed by atoms with Crippen LogP contribution in [0, 0.1) is 0 Å². The fourth-order valence-corrected chi connectivity index (χ4v) is 3.98. The molecule has 0 aliphatic carbocycles. The minimum Gasteiger partial charge on any atom is -0.399 e. The third-order valence-corrected chi connectivity index (χ3v) is 5.36. The van der Waals surface area contributed by atoms with Crippen molar-refractivity contribution in [1.82, 2.24) is 0 Å². The maximum Gasteiger partial charge on any atom is 0.111 e. The van der Waals surface area contributed by atoms with Crippen LogP contribution in [0.4, 0.5) is 5.69 Å². The van der Waals surface area contributed by atoms with Crippen LogP contribution in [0.15, 0.2) is 35.8 Å². The molecule has 1 aliphatic heterocycles. The average Bonchev–Trinajstić information content (AvgIpc) is 2.36. The molecule has 0 bridgehead atoms. The molecule has 1 aromatic carbocycles. The Balaban J connectivity index is 2.35. The second-order valence-electron chi connectivity index (χ2n) is 4.52. The Kier molecular flexibility index (Phi) is 4.38. The lowest BCUT2D eigenvalue weighted by Crippen LogP contribution is -2.39. The van der Waals surface area contributed by atoms with Crippen LogP contribution in [-0.2, 0) is 10.8 Å². The fourth-order valence-electron chi connectivity index (χ4n) is 2.13. The highest BCUT2D eigenvalue weighted by Gasteiger charge is 2.29. The Morgan fingerprint density at radius 2 is 2.26 bits per heavy atom. The quantitative estimate of drug-likeness (QED) is 0.493. The largest absolute Gasteiger partial charge is 0.399 e. The molecule has 4 unspecified atom stereocenters. The lowest BCUT2D eigenvalue weighted by Gasteiger charge is -2.26. The van der Waals surface area contributed by atoms with Gasteiger partial charge in [0.25, 0.3) is 0 Å². The first-order valence-electron chi connectivity index (χ1n) is 5.99. The van der Waals surface area contributed by atoms with Crippen LogP contribution in [0.2, 0.25) is 0 Å². The molecule has 1 aromatic rings. The maximum atomic E-state index is 12.2. The SMILES string of the molecule is C=CCC1C(N)=NC(c2cc(N)ccc2P)CS1=O. The predicted octanol–water partition coefficient (Wildman–Crippen LogP) is 0.875. The normalized spacial score (nSPS) is 26.8. The Labute approximate surface area is 118 Å². The van der Waals surface area contributed by atoms with Gasteiger partial charge in [0, 0.05) is 16.5 Å². The number of hydrogen-bond acceptors (Lipinski definition) is 4. The van der Waals surface area contributed by atoms with Crippen molar-refractivity contribution < 1.29 is 4.21 Å². The van der Waals surface area contributed by atoms with E-state index in [4.69, 9.17) is 11.5 Å². The van der Waals surface area contributed by atoms with Gasteiger partial charge in [0.05, 0.1) is 17.0 Å². The van der Waals surface area contributed by atoms with E-state index in [0.29, 0.717) is 23.7 Å². The topological polar surface area (TPSA) is 81.5 Å². The first-order chi connectivity index (χ1) is 9.02. The molecule has 0 fully saturated rings. The van der Waals surface area contributed by atoms with Gasteiger partial charge in [-0.25, -0.2) is 0 Å². The highest BCUT2D eigenvalue weighted by molar-refractivity contribution is 7.86. The number of hydrogen-bond donors (Lipinski definition) is 2. The minimum atomic E-state index is -1.03. The Morgan fingerprint density at radius 3 is 2.89 bits per heavy atom. The molecular formula is C13H18N3OPS. The highest BCUT2D eigenvalue weighted by atomic mass is 32.2. The van der Waals surface area contributed by atoms with Crippen molar-refractivity contribution in [3.63, 3.8) is 0 Å². The van der Waals surface area contributed by atoms with Gasteiger partial charge in [0.1, 0.15) is 5.84 Å². The summed E-state index contributed by atoms with van der Waals surface area (Å²) in [6, 6.07) is 5.44. The standard InChI is InChI=1S/C13H18N3OPS/c1-2-3-12-13(15)16-10(7-19(12)17)9-6-8(14)4-5-11(9)18/h2,4-6,10,12H,1,3,7,14,18H2,(H2,15,16). The second-order valence-corrected chi connectivity index (χ2v) is 6.80. The minimum absolute atomic E-state index is 0.183. The molecule has 0 amide bonds. The molecule has 1 heterocycles. The number of amidine groups is 1. The van der Waals surface area contributed by atoms with Gasteiger partial charge in [-0.2, -0.15) is 0 Å². The van der Waals surface area contributed by atoms with E-state index in [1.165, 1.54) is 0 Å². The van der Waals surface area contributed by atoms with Gasteiger partial charge in [0.2, 0.25) is 0 Å². The predicted molar refractivity (Wildman–Crippen MR) is 86.2 cm³/mol. The number of aliphatic imine (C=N–C) groups is 1. The average molecular weight is 295 g/mol. The van der Waals surface area contributed by atoms with Gasteiger partial charge in [-0.05, 0) is 29.4 Å². The van der Waals surface area contributed by atoms with Crippen LogP contribution in [0.1, 0.15) is 18.0 Å². The zero-order chi connectivity index (χ0) is 14.0. The zero-order valence-electron chi connectivity index (χ0n) is 10.6. The zero-order valence-corrected chi connectivity index (χ0v) is 12.6. The second kappa shape index (κ2) is 5.85. The lowest BCUT2D eigenvalue weighted by atomic mass is 10.1. The van der Waals surface area contributed by atoms with Gasteiger partial charge in [-0.15, -0.1) is 15.8 Å². The monoisotopic (exact) mass is 295 g/mol. The molecule has 0 saturated carbocycles. The molecule has 0 saturated heterocycles. The summed E-state index contributed by atoms with van der Waals surface area (Å²) in [6.07, 6.45) is 2.33. The van der Waals surface area contributed by atoms with Crippen molar-refractivity contribution in [2.75, 3.05) is 11.5 Å². The molecule has 2 rings (SSSR count). The van der Waals surface area contributed by atoms with E-state index in [1.54, 1.807) is 6.08 Å². The number of nitrogen functional groups attached to an aromatic ring is 1. The summed E-state index contributed by atoms with van der Waals surface area (Å²) in [5.74, 6) is 0.922. The van der Waals surface area contributed by atoms with Crippen LogP contribution >= 0.6 is 9.24 Å². The third kappa shape index (κ3) is 3.04. The smallest absolute Gasteiger partial charge is 0.111 e. The van der Waals surface area contributed by atoms with Crippen molar-refractivity contribution >= 4 is 36.9 Å². The molecule has 4 N–H and O–H groups in total. The number of nitrogens with zero attached hydrogens (tertiary/aromatic N) is 1. The molecule has 102 valence electrons. The number of benzene rings is 1. The molecule has 19 heavy (non-hydrogen) atoms. The van der Waals surface area contributed by atoms with Crippen LogP contribution in [0.3, 0.4) is 0 Å². The van der Waals surface area contributed by atoms with E-state index in [2.05, 4.69) is 20.8 Å². The van der Waals surface area contributed by atoms with Gasteiger partial charge < -0.3 is 11.5 Å². The molecular weight excluding hydrogens is 277 g/mol. The third-order valence-electron chi connectivity index (χ3n) is 3.12. The van der Waals surface area contributed by atoms with Gasteiger partial charge in [-0.1, -0.05) is 12.1 Å². The molecule has 1 aliphatic rings. The van der Waals surface area contributed by atoms with E-state index in [9.17, 15) is 4.21 Å². The summed E-state index contributed by atoms with van der Waals surface area (Å²) in [4.78, 5) is 4.49. The van der Waals surface area contributed by atoms with E-state index < -0.39 is 10.8 Å². The van der Waals surface area contributed by atoms with Gasteiger partial charge in [0.15, 0.2) is 0 Å². The van der Waals surface area contributed by atoms with Crippen molar-refractivity contribution in [1.29, 1.82) is 0 Å². The van der Waals surface area contributed by atoms with Crippen LogP contribution in [-0.4, -0.2) is 21.0 Å².